The molecule has 0 spiro atoms. The first-order chi connectivity index (χ1) is 9.86. The van der Waals surface area contributed by atoms with E-state index in [2.05, 4.69) is 5.32 Å². The van der Waals surface area contributed by atoms with Crippen LogP contribution in [-0.4, -0.2) is 17.0 Å². The summed E-state index contributed by atoms with van der Waals surface area (Å²) in [7, 11) is 0. The summed E-state index contributed by atoms with van der Waals surface area (Å²) >= 11 is 0. The molecule has 0 heterocycles. The molecule has 108 valence electrons. The van der Waals surface area contributed by atoms with Gasteiger partial charge < -0.3 is 10.4 Å². The molecule has 0 fully saturated rings. The number of hydrogen-bond acceptors (Lipinski definition) is 2. The van der Waals surface area contributed by atoms with Crippen LogP contribution in [0, 0.1) is 19.7 Å². The zero-order valence-corrected chi connectivity index (χ0v) is 11.6. The quantitative estimate of drug-likeness (QED) is 0.909. The Bertz CT molecular complexity index is 705. The summed E-state index contributed by atoms with van der Waals surface area (Å²) in [5, 5.41) is 11.2. The lowest BCUT2D eigenvalue weighted by Crippen LogP contribution is -2.14. The van der Waals surface area contributed by atoms with Crippen LogP contribution in [0.3, 0.4) is 0 Å². The summed E-state index contributed by atoms with van der Waals surface area (Å²) in [6.45, 7) is 3.73. The Labute approximate surface area is 121 Å². The monoisotopic (exact) mass is 287 g/mol. The maximum atomic E-state index is 13.8. The van der Waals surface area contributed by atoms with Crippen LogP contribution in [0.1, 0.15) is 31.8 Å². The Morgan fingerprint density at radius 2 is 1.62 bits per heavy atom. The van der Waals surface area contributed by atoms with Crippen LogP contribution in [0.15, 0.2) is 36.4 Å². The first kappa shape index (κ1) is 14.7. The summed E-state index contributed by atoms with van der Waals surface area (Å²) < 4.78 is 13.8. The standard InChI is InChI=1S/C16H14FNO3/c1-9-5-10(2)7-12(6-9)15(19)18-14-4-3-11(16(20)21)8-13(14)17/h3-8H,1-2H3,(H,18,19)(H,20,21). The van der Waals surface area contributed by atoms with E-state index in [-0.39, 0.29) is 11.3 Å². The molecule has 4 nitrogen and oxygen atoms in total. The highest BCUT2D eigenvalue weighted by molar-refractivity contribution is 6.04. The van der Waals surface area contributed by atoms with E-state index in [1.807, 2.05) is 19.9 Å². The van der Waals surface area contributed by atoms with Crippen LogP contribution in [-0.2, 0) is 0 Å². The van der Waals surface area contributed by atoms with Crippen molar-refractivity contribution in [1.82, 2.24) is 0 Å². The Morgan fingerprint density at radius 1 is 1.00 bits per heavy atom. The third kappa shape index (κ3) is 3.45. The molecule has 0 aliphatic rings. The lowest BCUT2D eigenvalue weighted by molar-refractivity contribution is 0.0696. The first-order valence-corrected chi connectivity index (χ1v) is 6.29. The van der Waals surface area contributed by atoms with E-state index in [0.29, 0.717) is 5.56 Å². The lowest BCUT2D eigenvalue weighted by Gasteiger charge is -2.08. The number of halogens is 1. The van der Waals surface area contributed by atoms with Gasteiger partial charge in [0.1, 0.15) is 5.82 Å². The van der Waals surface area contributed by atoms with Crippen molar-refractivity contribution in [1.29, 1.82) is 0 Å². The van der Waals surface area contributed by atoms with Crippen LogP contribution in [0.4, 0.5) is 10.1 Å². The second-order valence-corrected chi connectivity index (χ2v) is 4.83. The minimum atomic E-state index is -1.22. The lowest BCUT2D eigenvalue weighted by atomic mass is 10.1. The van der Waals surface area contributed by atoms with Crippen molar-refractivity contribution in [3.63, 3.8) is 0 Å². The first-order valence-electron chi connectivity index (χ1n) is 6.29. The van der Waals surface area contributed by atoms with E-state index >= 15 is 0 Å². The highest BCUT2D eigenvalue weighted by Gasteiger charge is 2.12. The van der Waals surface area contributed by atoms with Gasteiger partial charge in [0, 0.05) is 5.56 Å². The second-order valence-electron chi connectivity index (χ2n) is 4.83. The van der Waals surface area contributed by atoms with E-state index < -0.39 is 17.7 Å². The van der Waals surface area contributed by atoms with Gasteiger partial charge in [-0.2, -0.15) is 0 Å². The number of aryl methyl sites for hydroxylation is 2. The van der Waals surface area contributed by atoms with Gasteiger partial charge in [-0.25, -0.2) is 9.18 Å². The number of rotatable bonds is 3. The smallest absolute Gasteiger partial charge is 0.335 e. The number of aromatic carboxylic acids is 1. The summed E-state index contributed by atoms with van der Waals surface area (Å²) in [4.78, 5) is 22.8. The molecule has 2 rings (SSSR count). The third-order valence-corrected chi connectivity index (χ3v) is 2.95. The molecule has 0 unspecified atom stereocenters. The number of carboxylic acid groups (broad SMARTS) is 1. The highest BCUT2D eigenvalue weighted by Crippen LogP contribution is 2.18. The van der Waals surface area contributed by atoms with Gasteiger partial charge in [0.2, 0.25) is 0 Å². The maximum Gasteiger partial charge on any atom is 0.335 e. The Balaban J connectivity index is 2.25. The molecular formula is C16H14FNO3. The van der Waals surface area contributed by atoms with E-state index in [4.69, 9.17) is 5.11 Å². The topological polar surface area (TPSA) is 66.4 Å². The van der Waals surface area contributed by atoms with Gasteiger partial charge in [0.05, 0.1) is 11.3 Å². The fourth-order valence-corrected chi connectivity index (χ4v) is 2.05. The third-order valence-electron chi connectivity index (χ3n) is 2.95. The fraction of sp³-hybridized carbons (Fsp3) is 0.125. The Morgan fingerprint density at radius 3 is 2.14 bits per heavy atom. The molecule has 0 aliphatic heterocycles. The van der Waals surface area contributed by atoms with Gasteiger partial charge in [0.25, 0.3) is 5.91 Å². The van der Waals surface area contributed by atoms with Crippen molar-refractivity contribution in [2.75, 3.05) is 5.32 Å². The van der Waals surface area contributed by atoms with Crippen molar-refractivity contribution in [3.8, 4) is 0 Å². The molecule has 0 aliphatic carbocycles. The van der Waals surface area contributed by atoms with Gasteiger partial charge >= 0.3 is 5.97 Å². The Kier molecular flexibility index (Phi) is 4.03. The van der Waals surface area contributed by atoms with Gasteiger partial charge in [0.15, 0.2) is 0 Å². The normalized spacial score (nSPS) is 10.2. The summed E-state index contributed by atoms with van der Waals surface area (Å²) in [6.07, 6.45) is 0. The molecule has 2 aromatic rings. The SMILES string of the molecule is Cc1cc(C)cc(C(=O)Nc2ccc(C(=O)O)cc2F)c1. The van der Waals surface area contributed by atoms with Crippen LogP contribution in [0.25, 0.3) is 0 Å². The molecule has 0 aromatic heterocycles. The number of carbonyl (C=O) groups excluding carboxylic acids is 1. The minimum Gasteiger partial charge on any atom is -0.478 e. The number of amides is 1. The number of anilines is 1. The number of nitrogens with one attached hydrogen (secondary N) is 1. The number of benzene rings is 2. The molecule has 1 amide bonds. The van der Waals surface area contributed by atoms with Gasteiger partial charge in [-0.3, -0.25) is 4.79 Å². The summed E-state index contributed by atoms with van der Waals surface area (Å²) in [5.41, 5.74) is 2.07. The average Bonchev–Trinajstić information content (AvgIpc) is 2.39. The largest absolute Gasteiger partial charge is 0.478 e. The summed E-state index contributed by atoms with van der Waals surface area (Å²) in [5.74, 6) is -2.45. The van der Waals surface area contributed by atoms with Crippen LogP contribution < -0.4 is 5.32 Å². The molecule has 0 saturated heterocycles. The predicted octanol–water partition coefficient (Wildman–Crippen LogP) is 3.39. The maximum absolute atomic E-state index is 13.8. The molecule has 2 aromatic carbocycles. The van der Waals surface area contributed by atoms with Crippen molar-refractivity contribution < 1.29 is 19.1 Å². The molecule has 0 saturated carbocycles. The van der Waals surface area contributed by atoms with Crippen molar-refractivity contribution in [3.05, 3.63) is 64.5 Å². The van der Waals surface area contributed by atoms with Gasteiger partial charge in [-0.15, -0.1) is 0 Å². The molecule has 0 atom stereocenters. The fourth-order valence-electron chi connectivity index (χ4n) is 2.05. The van der Waals surface area contributed by atoms with E-state index in [1.54, 1.807) is 12.1 Å². The number of carboxylic acids is 1. The number of hydrogen-bond donors (Lipinski definition) is 2. The molecule has 0 bridgehead atoms. The molecule has 0 radical (unpaired) electrons. The van der Waals surface area contributed by atoms with Crippen LogP contribution >= 0.6 is 0 Å². The molecule has 2 N–H and O–H groups in total. The van der Waals surface area contributed by atoms with Crippen LogP contribution in [0.2, 0.25) is 0 Å². The van der Waals surface area contributed by atoms with Crippen molar-refractivity contribution in [2.24, 2.45) is 0 Å². The van der Waals surface area contributed by atoms with Crippen molar-refractivity contribution >= 4 is 17.6 Å². The molecule has 5 heteroatoms. The highest BCUT2D eigenvalue weighted by atomic mass is 19.1. The molecule has 21 heavy (non-hydrogen) atoms. The van der Waals surface area contributed by atoms with E-state index in [0.717, 1.165) is 17.2 Å². The zero-order valence-electron chi connectivity index (χ0n) is 11.6. The van der Waals surface area contributed by atoms with Crippen LogP contribution in [0.5, 0.6) is 0 Å². The average molecular weight is 287 g/mol. The molecular weight excluding hydrogens is 273 g/mol. The van der Waals surface area contributed by atoms with Gasteiger partial charge in [-0.1, -0.05) is 17.2 Å². The summed E-state index contributed by atoms with van der Waals surface area (Å²) in [6, 6.07) is 8.68. The zero-order chi connectivity index (χ0) is 15.6. The van der Waals surface area contributed by atoms with E-state index in [1.165, 1.54) is 12.1 Å². The van der Waals surface area contributed by atoms with Gasteiger partial charge in [-0.05, 0) is 44.2 Å². The van der Waals surface area contributed by atoms with Crippen molar-refractivity contribution in [2.45, 2.75) is 13.8 Å². The minimum absolute atomic E-state index is 0.0517. The second kappa shape index (κ2) is 5.75. The Hall–Kier alpha value is -2.69. The van der Waals surface area contributed by atoms with E-state index in [9.17, 15) is 14.0 Å². The number of carbonyl (C=O) groups is 2. The predicted molar refractivity (Wildman–Crippen MR) is 77.2 cm³/mol.